The van der Waals surface area contributed by atoms with Gasteiger partial charge in [0.05, 0.1) is 0 Å². The van der Waals surface area contributed by atoms with Gasteiger partial charge in [-0.05, 0) is 0 Å². The van der Waals surface area contributed by atoms with Crippen LogP contribution in [0, 0.1) is 0 Å². The van der Waals surface area contributed by atoms with Crippen molar-refractivity contribution in [3.05, 3.63) is 48.3 Å². The molecule has 1 heterocycles. The minimum absolute atomic E-state index is 0.0787. The van der Waals surface area contributed by atoms with Crippen LogP contribution in [0.15, 0.2) is 42.7 Å². The SMILES string of the molecule is CC(=O)Nc1c(O)cccc1[As](=O)(O)OCc1ccncc1. The Labute approximate surface area is 130 Å². The van der Waals surface area contributed by atoms with E-state index in [-0.39, 0.29) is 22.4 Å². The van der Waals surface area contributed by atoms with Crippen molar-refractivity contribution >= 4 is 30.1 Å². The summed E-state index contributed by atoms with van der Waals surface area (Å²) in [5.74, 6) is -0.761. The van der Waals surface area contributed by atoms with Crippen LogP contribution in [-0.4, -0.2) is 34.3 Å². The number of benzene rings is 1. The molecule has 1 aromatic carbocycles. The number of rotatable bonds is 5. The number of nitrogens with one attached hydrogen (secondary N) is 1. The topological polar surface area (TPSA) is 109 Å². The Morgan fingerprint density at radius 3 is 2.64 bits per heavy atom. The van der Waals surface area contributed by atoms with Gasteiger partial charge in [0.25, 0.3) is 0 Å². The molecule has 0 spiro atoms. The summed E-state index contributed by atoms with van der Waals surface area (Å²) in [4.78, 5) is 15.0. The van der Waals surface area contributed by atoms with Gasteiger partial charge in [0, 0.05) is 0 Å². The van der Waals surface area contributed by atoms with Crippen LogP contribution < -0.4 is 9.67 Å². The Hall–Kier alpha value is -2.08. The molecular weight excluding hydrogens is 351 g/mol. The van der Waals surface area contributed by atoms with Crippen LogP contribution in [0.1, 0.15) is 12.5 Å². The van der Waals surface area contributed by atoms with Crippen LogP contribution >= 0.6 is 0 Å². The molecule has 2 aromatic rings. The van der Waals surface area contributed by atoms with Crippen molar-refractivity contribution in [2.75, 3.05) is 5.32 Å². The second-order valence-corrected chi connectivity index (χ2v) is 8.24. The van der Waals surface area contributed by atoms with Crippen LogP contribution in [0.2, 0.25) is 0 Å². The number of hydrogen-bond donors (Lipinski definition) is 3. The summed E-state index contributed by atoms with van der Waals surface area (Å²) >= 11 is -4.93. The van der Waals surface area contributed by atoms with Crippen LogP contribution in [0.5, 0.6) is 5.75 Å². The van der Waals surface area contributed by atoms with Gasteiger partial charge in [0.1, 0.15) is 0 Å². The van der Waals surface area contributed by atoms with Crippen molar-refractivity contribution in [2.24, 2.45) is 0 Å². The first-order valence-electron chi connectivity index (χ1n) is 6.36. The standard InChI is InChI=1S/C14H15AsN2O5/c1-10(18)17-14-12(3-2-4-13(14)19)15(20,21)22-9-11-5-7-16-8-6-11/h2-8,19H,9H2,1H3,(H,17,18)(H,20,21). The maximum absolute atomic E-state index is 12.5. The van der Waals surface area contributed by atoms with E-state index in [0.29, 0.717) is 5.56 Å². The molecule has 1 unspecified atom stereocenters. The number of pyridine rings is 1. The number of hydrogen-bond acceptors (Lipinski definition) is 5. The van der Waals surface area contributed by atoms with Gasteiger partial charge < -0.3 is 0 Å². The first-order valence-corrected chi connectivity index (χ1v) is 9.67. The van der Waals surface area contributed by atoms with E-state index < -0.39 is 20.1 Å². The average Bonchev–Trinajstić information content (AvgIpc) is 2.48. The Morgan fingerprint density at radius 2 is 2.00 bits per heavy atom. The molecule has 116 valence electrons. The van der Waals surface area contributed by atoms with Gasteiger partial charge in [-0.1, -0.05) is 0 Å². The second-order valence-electron chi connectivity index (χ2n) is 4.50. The number of phenolic OH excluding ortho intramolecular Hbond substituents is 1. The summed E-state index contributed by atoms with van der Waals surface area (Å²) < 4.78 is 27.7. The first kappa shape index (κ1) is 16.3. The summed E-state index contributed by atoms with van der Waals surface area (Å²) in [6.45, 7) is 1.16. The third kappa shape index (κ3) is 3.98. The van der Waals surface area contributed by atoms with E-state index in [0.717, 1.165) is 0 Å². The molecule has 0 bridgehead atoms. The molecule has 0 aliphatic carbocycles. The van der Waals surface area contributed by atoms with Crippen molar-refractivity contribution in [2.45, 2.75) is 13.5 Å². The molecule has 0 aliphatic heterocycles. The fourth-order valence-corrected chi connectivity index (χ4v) is 4.28. The van der Waals surface area contributed by atoms with Crippen molar-refractivity contribution < 1.29 is 21.5 Å². The molecular formula is C14H15AsN2O5. The maximum atomic E-state index is 12.5. The van der Waals surface area contributed by atoms with E-state index in [1.54, 1.807) is 24.5 Å². The average molecular weight is 366 g/mol. The van der Waals surface area contributed by atoms with Gasteiger partial charge in [-0.25, -0.2) is 0 Å². The number of carbonyl (C=O) groups is 1. The van der Waals surface area contributed by atoms with Gasteiger partial charge in [-0.15, -0.1) is 0 Å². The quantitative estimate of drug-likeness (QED) is 0.526. The van der Waals surface area contributed by atoms with Crippen molar-refractivity contribution in [1.29, 1.82) is 0 Å². The number of carbonyl (C=O) groups excluding carboxylic acids is 1. The summed E-state index contributed by atoms with van der Waals surface area (Å²) in [5, 5.41) is 12.1. The van der Waals surface area contributed by atoms with Gasteiger partial charge in [0.2, 0.25) is 0 Å². The van der Waals surface area contributed by atoms with Gasteiger partial charge >= 0.3 is 129 Å². The van der Waals surface area contributed by atoms with E-state index in [1.165, 1.54) is 25.1 Å². The summed E-state index contributed by atoms with van der Waals surface area (Å²) in [5.41, 5.74) is 0.585. The zero-order valence-electron chi connectivity index (χ0n) is 11.8. The third-order valence-corrected chi connectivity index (χ3v) is 5.85. The number of amides is 1. The molecule has 2 rings (SSSR count). The van der Waals surface area contributed by atoms with Crippen molar-refractivity contribution in [3.63, 3.8) is 0 Å². The summed E-state index contributed by atoms with van der Waals surface area (Å²) in [7, 11) is 0. The molecule has 22 heavy (non-hydrogen) atoms. The summed E-state index contributed by atoms with van der Waals surface area (Å²) in [6.07, 6.45) is 3.09. The van der Waals surface area contributed by atoms with E-state index in [1.807, 2.05) is 0 Å². The predicted octanol–water partition coefficient (Wildman–Crippen LogP) is 0.531. The molecule has 0 saturated carbocycles. The number of nitrogens with zero attached hydrogens (tertiary/aromatic N) is 1. The zero-order chi connectivity index (χ0) is 16.2. The molecule has 0 saturated heterocycles. The molecule has 0 fully saturated rings. The summed E-state index contributed by atoms with van der Waals surface area (Å²) in [6, 6.07) is 7.39. The fourth-order valence-electron chi connectivity index (χ4n) is 1.78. The number of anilines is 1. The number of aromatic hydroxyl groups is 1. The minimum atomic E-state index is -4.93. The van der Waals surface area contributed by atoms with E-state index in [2.05, 4.69) is 10.3 Å². The molecule has 0 aliphatic rings. The molecule has 1 atom stereocenters. The fraction of sp³-hybridized carbons (Fsp3) is 0.143. The molecule has 1 aromatic heterocycles. The van der Waals surface area contributed by atoms with E-state index in [4.69, 9.17) is 3.73 Å². The molecule has 8 heteroatoms. The van der Waals surface area contributed by atoms with Crippen molar-refractivity contribution in [1.82, 2.24) is 4.98 Å². The van der Waals surface area contributed by atoms with Gasteiger partial charge in [0.15, 0.2) is 0 Å². The Bertz CT molecular complexity index is 720. The first-order chi connectivity index (χ1) is 10.4. The monoisotopic (exact) mass is 366 g/mol. The molecule has 0 radical (unpaired) electrons. The van der Waals surface area contributed by atoms with Crippen molar-refractivity contribution in [3.8, 4) is 5.75 Å². The van der Waals surface area contributed by atoms with Gasteiger partial charge in [-0.2, -0.15) is 0 Å². The van der Waals surface area contributed by atoms with Crippen LogP contribution in [-0.2, 0) is 18.9 Å². The Balaban J connectivity index is 2.27. The third-order valence-electron chi connectivity index (χ3n) is 2.78. The second kappa shape index (κ2) is 6.79. The van der Waals surface area contributed by atoms with E-state index in [9.17, 15) is 17.7 Å². The number of aromatic nitrogens is 1. The van der Waals surface area contributed by atoms with Crippen LogP contribution in [0.4, 0.5) is 5.69 Å². The molecule has 7 nitrogen and oxygen atoms in total. The Morgan fingerprint density at radius 1 is 1.32 bits per heavy atom. The Kier molecular flexibility index (Phi) is 5.03. The molecule has 3 N–H and O–H groups in total. The number of para-hydroxylation sites is 1. The zero-order valence-corrected chi connectivity index (χ0v) is 13.6. The predicted molar refractivity (Wildman–Crippen MR) is 79.7 cm³/mol. The van der Waals surface area contributed by atoms with Gasteiger partial charge in [-0.3, -0.25) is 0 Å². The molecule has 1 amide bonds. The van der Waals surface area contributed by atoms with E-state index >= 15 is 0 Å². The number of phenols is 1. The van der Waals surface area contributed by atoms with Crippen LogP contribution in [0.25, 0.3) is 0 Å². The normalized spacial score (nSPS) is 13.4. The van der Waals surface area contributed by atoms with Crippen LogP contribution in [0.3, 0.4) is 0 Å².